The summed E-state index contributed by atoms with van der Waals surface area (Å²) >= 11 is 0. The van der Waals surface area contributed by atoms with Crippen LogP contribution in [0.5, 0.6) is 0 Å². The fraction of sp³-hybridized carbons (Fsp3) is 0.556. The Bertz CT molecular complexity index is 249. The summed E-state index contributed by atoms with van der Waals surface area (Å²) in [6.45, 7) is 5.11. The first-order valence-corrected chi connectivity index (χ1v) is 4.01. The lowest BCUT2D eigenvalue weighted by molar-refractivity contribution is -0.146. The van der Waals surface area contributed by atoms with Gasteiger partial charge in [-0.05, 0) is 26.7 Å². The van der Waals surface area contributed by atoms with Crippen LogP contribution in [0.25, 0.3) is 0 Å². The van der Waals surface area contributed by atoms with E-state index in [9.17, 15) is 9.59 Å². The van der Waals surface area contributed by atoms with E-state index < -0.39 is 17.9 Å². The summed E-state index contributed by atoms with van der Waals surface area (Å²) in [5.74, 6) is 3.78. The molecule has 0 aromatic rings. The van der Waals surface area contributed by atoms with Crippen molar-refractivity contribution in [2.75, 3.05) is 6.61 Å². The number of rotatable bonds is 3. The average Bonchev–Trinajstić information content (AvgIpc) is 2.05. The highest BCUT2D eigenvalue weighted by Gasteiger charge is 2.14. The van der Waals surface area contributed by atoms with Gasteiger partial charge in [0.25, 0.3) is 5.91 Å². The molecule has 0 heterocycles. The first-order chi connectivity index (χ1) is 6.11. The van der Waals surface area contributed by atoms with Gasteiger partial charge in [-0.3, -0.25) is 4.79 Å². The van der Waals surface area contributed by atoms with E-state index in [1.165, 1.54) is 0 Å². The number of nitrogens with one attached hydrogen (secondary N) is 1. The highest BCUT2D eigenvalue weighted by molar-refractivity contribution is 5.96. The van der Waals surface area contributed by atoms with E-state index >= 15 is 0 Å². The third-order valence-electron chi connectivity index (χ3n) is 1.23. The number of carbonyl (C=O) groups is 2. The molecule has 0 fully saturated rings. The van der Waals surface area contributed by atoms with Gasteiger partial charge in [0.15, 0.2) is 0 Å². The molecule has 4 nitrogen and oxygen atoms in total. The molecule has 1 amide bonds. The molecule has 13 heavy (non-hydrogen) atoms. The van der Waals surface area contributed by atoms with Crippen molar-refractivity contribution in [1.29, 1.82) is 0 Å². The molecule has 0 saturated carbocycles. The van der Waals surface area contributed by atoms with Crippen LogP contribution in [-0.2, 0) is 14.3 Å². The van der Waals surface area contributed by atoms with Crippen molar-refractivity contribution >= 4 is 11.9 Å². The number of carbonyl (C=O) groups excluding carboxylic acids is 2. The molecule has 0 aromatic carbocycles. The fourth-order valence-electron chi connectivity index (χ4n) is 0.672. The molecule has 1 unspecified atom stereocenters. The second kappa shape index (κ2) is 6.06. The maximum absolute atomic E-state index is 11.0. The van der Waals surface area contributed by atoms with Gasteiger partial charge in [0.05, 0.1) is 6.61 Å². The Morgan fingerprint density at radius 2 is 2.15 bits per heavy atom. The molecule has 0 spiro atoms. The molecule has 0 aliphatic rings. The van der Waals surface area contributed by atoms with Gasteiger partial charge in [-0.25, -0.2) is 4.79 Å². The van der Waals surface area contributed by atoms with Gasteiger partial charge < -0.3 is 10.1 Å². The Labute approximate surface area is 77.6 Å². The summed E-state index contributed by atoms with van der Waals surface area (Å²) in [5, 5.41) is 2.38. The summed E-state index contributed by atoms with van der Waals surface area (Å²) in [6, 6.07) is -0.645. The third-order valence-corrected chi connectivity index (χ3v) is 1.23. The van der Waals surface area contributed by atoms with Gasteiger partial charge in [-0.15, -0.1) is 0 Å². The largest absolute Gasteiger partial charge is 0.464 e. The lowest BCUT2D eigenvalue weighted by Crippen LogP contribution is -2.38. The van der Waals surface area contributed by atoms with E-state index in [2.05, 4.69) is 21.9 Å². The van der Waals surface area contributed by atoms with Crippen LogP contribution in [-0.4, -0.2) is 24.5 Å². The van der Waals surface area contributed by atoms with Gasteiger partial charge >= 0.3 is 5.97 Å². The van der Waals surface area contributed by atoms with E-state index in [4.69, 9.17) is 0 Å². The standard InChI is InChI=1S/C9H13NO3/c1-4-6-8(11)10-7(3)9(12)13-5-2/h7H,5H2,1-3H3,(H,10,11). The first kappa shape index (κ1) is 11.5. The van der Waals surface area contributed by atoms with Gasteiger partial charge in [0.1, 0.15) is 6.04 Å². The lowest BCUT2D eigenvalue weighted by Gasteiger charge is -2.09. The van der Waals surface area contributed by atoms with Gasteiger partial charge in [-0.1, -0.05) is 5.92 Å². The lowest BCUT2D eigenvalue weighted by atomic mass is 10.3. The zero-order valence-corrected chi connectivity index (χ0v) is 8.01. The van der Waals surface area contributed by atoms with Crippen LogP contribution in [0.15, 0.2) is 0 Å². The highest BCUT2D eigenvalue weighted by atomic mass is 16.5. The number of hydrogen-bond acceptors (Lipinski definition) is 3. The minimum atomic E-state index is -0.645. The monoisotopic (exact) mass is 183 g/mol. The van der Waals surface area contributed by atoms with Crippen molar-refractivity contribution in [3.63, 3.8) is 0 Å². The van der Waals surface area contributed by atoms with Crippen LogP contribution in [0, 0.1) is 11.8 Å². The Balaban J connectivity index is 3.97. The third kappa shape index (κ3) is 4.86. The van der Waals surface area contributed by atoms with Crippen LogP contribution in [0.2, 0.25) is 0 Å². The first-order valence-electron chi connectivity index (χ1n) is 4.01. The summed E-state index contributed by atoms with van der Waals surface area (Å²) in [6.07, 6.45) is 0. The van der Waals surface area contributed by atoms with E-state index in [1.807, 2.05) is 0 Å². The van der Waals surface area contributed by atoms with Gasteiger partial charge in [0.2, 0.25) is 0 Å². The van der Waals surface area contributed by atoms with E-state index in [1.54, 1.807) is 20.8 Å². The predicted octanol–water partition coefficient (Wildman–Crippen LogP) is 0.0775. The smallest absolute Gasteiger partial charge is 0.328 e. The Hall–Kier alpha value is -1.50. The van der Waals surface area contributed by atoms with Crippen molar-refractivity contribution in [3.05, 3.63) is 0 Å². The zero-order valence-electron chi connectivity index (χ0n) is 8.01. The number of ether oxygens (including phenoxy) is 1. The molecule has 72 valence electrons. The SMILES string of the molecule is CC#CC(=O)NC(C)C(=O)OCC. The van der Waals surface area contributed by atoms with Crippen LogP contribution >= 0.6 is 0 Å². The molecule has 0 aliphatic heterocycles. The molecule has 1 atom stereocenters. The van der Waals surface area contributed by atoms with Gasteiger partial charge in [-0.2, -0.15) is 0 Å². The van der Waals surface area contributed by atoms with Gasteiger partial charge in [0, 0.05) is 0 Å². The van der Waals surface area contributed by atoms with Crippen molar-refractivity contribution in [2.45, 2.75) is 26.8 Å². The Morgan fingerprint density at radius 1 is 1.54 bits per heavy atom. The topological polar surface area (TPSA) is 55.4 Å². The summed E-state index contributed by atoms with van der Waals surface area (Å²) in [4.78, 5) is 21.9. The average molecular weight is 183 g/mol. The normalized spacial score (nSPS) is 10.7. The van der Waals surface area contributed by atoms with Crippen LogP contribution in [0.3, 0.4) is 0 Å². The molecule has 1 N–H and O–H groups in total. The maximum atomic E-state index is 11.0. The molecule has 4 heteroatoms. The van der Waals surface area contributed by atoms with E-state index in [0.29, 0.717) is 6.61 Å². The quantitative estimate of drug-likeness (QED) is 0.498. The summed E-state index contributed by atoms with van der Waals surface area (Å²) in [7, 11) is 0. The summed E-state index contributed by atoms with van der Waals surface area (Å²) in [5.41, 5.74) is 0. The Morgan fingerprint density at radius 3 is 2.62 bits per heavy atom. The molecule has 0 radical (unpaired) electrons. The maximum Gasteiger partial charge on any atom is 0.328 e. The van der Waals surface area contributed by atoms with Crippen LogP contribution in [0.4, 0.5) is 0 Å². The van der Waals surface area contributed by atoms with Crippen LogP contribution in [0.1, 0.15) is 20.8 Å². The Kier molecular flexibility index (Phi) is 5.37. The predicted molar refractivity (Wildman–Crippen MR) is 47.7 cm³/mol. The second-order valence-electron chi connectivity index (χ2n) is 2.32. The molecular formula is C9H13NO3. The van der Waals surface area contributed by atoms with Crippen molar-refractivity contribution in [3.8, 4) is 11.8 Å². The molecule has 0 saturated heterocycles. The van der Waals surface area contributed by atoms with E-state index in [-0.39, 0.29) is 0 Å². The molecule has 0 aromatic heterocycles. The number of amides is 1. The fourth-order valence-corrected chi connectivity index (χ4v) is 0.672. The van der Waals surface area contributed by atoms with E-state index in [0.717, 1.165) is 0 Å². The summed E-state index contributed by atoms with van der Waals surface area (Å²) < 4.78 is 4.68. The molecule has 0 bridgehead atoms. The minimum Gasteiger partial charge on any atom is -0.464 e. The van der Waals surface area contributed by atoms with Crippen LogP contribution < -0.4 is 5.32 Å². The number of hydrogen-bond donors (Lipinski definition) is 1. The van der Waals surface area contributed by atoms with Crippen molar-refractivity contribution in [1.82, 2.24) is 5.32 Å². The molecule has 0 rings (SSSR count). The highest BCUT2D eigenvalue weighted by Crippen LogP contribution is 1.87. The zero-order chi connectivity index (χ0) is 10.3. The molecular weight excluding hydrogens is 170 g/mol. The number of esters is 1. The molecule has 0 aliphatic carbocycles. The van der Waals surface area contributed by atoms with Crippen molar-refractivity contribution in [2.24, 2.45) is 0 Å². The second-order valence-corrected chi connectivity index (χ2v) is 2.32. The minimum absolute atomic E-state index is 0.304. The van der Waals surface area contributed by atoms with Crippen molar-refractivity contribution < 1.29 is 14.3 Å².